The molecule has 0 saturated carbocycles. The Morgan fingerprint density at radius 2 is 0.918 bits per heavy atom. The van der Waals surface area contributed by atoms with Gasteiger partial charge in [0.05, 0.1) is 0 Å². The Kier molecular flexibility index (Phi) is 6.36. The fourth-order valence-electron chi connectivity index (χ4n) is 7.07. The average molecular weight is 642 g/mol. The van der Waals surface area contributed by atoms with E-state index < -0.39 is 0 Å². The van der Waals surface area contributed by atoms with Crippen LogP contribution in [0.15, 0.2) is 164 Å². The van der Waals surface area contributed by atoms with Crippen molar-refractivity contribution in [1.29, 1.82) is 0 Å². The van der Waals surface area contributed by atoms with Crippen molar-refractivity contribution in [2.75, 3.05) is 0 Å². The van der Waals surface area contributed by atoms with Crippen molar-refractivity contribution in [2.24, 2.45) is 0 Å². The highest BCUT2D eigenvalue weighted by Gasteiger charge is 2.18. The Balaban J connectivity index is 1.22. The third-order valence-corrected chi connectivity index (χ3v) is 10.8. The molecule has 10 rings (SSSR count). The van der Waals surface area contributed by atoms with E-state index >= 15 is 0 Å². The van der Waals surface area contributed by atoms with Gasteiger partial charge >= 0.3 is 0 Å². The zero-order valence-electron chi connectivity index (χ0n) is 26.3. The monoisotopic (exact) mass is 641 g/mol. The number of rotatable bonds is 4. The van der Waals surface area contributed by atoms with E-state index in [1.54, 1.807) is 0 Å². The molecule has 0 atom stereocenters. The maximum atomic E-state index is 5.20. The molecule has 0 N–H and O–H groups in total. The van der Waals surface area contributed by atoms with Crippen LogP contribution in [0, 0.1) is 0 Å². The summed E-state index contributed by atoms with van der Waals surface area (Å²) in [5.74, 6) is 1.97. The molecule has 0 fully saturated rings. The summed E-state index contributed by atoms with van der Waals surface area (Å²) in [6.07, 6.45) is 0. The van der Waals surface area contributed by atoms with E-state index in [0.717, 1.165) is 38.4 Å². The number of aromatic nitrogens is 3. The van der Waals surface area contributed by atoms with E-state index in [9.17, 15) is 0 Å². The second-order valence-corrected chi connectivity index (χ2v) is 13.4. The minimum Gasteiger partial charge on any atom is -0.208 e. The molecule has 3 nitrogen and oxygen atoms in total. The molecule has 0 bridgehead atoms. The van der Waals surface area contributed by atoms with Gasteiger partial charge in [0.15, 0.2) is 17.5 Å². The fourth-order valence-corrected chi connectivity index (χ4v) is 8.45. The molecule has 10 aromatic rings. The first-order valence-electron chi connectivity index (χ1n) is 16.4. The van der Waals surface area contributed by atoms with Gasteiger partial charge in [0.2, 0.25) is 0 Å². The summed E-state index contributed by atoms with van der Waals surface area (Å²) in [4.78, 5) is 15.4. The third kappa shape index (κ3) is 4.68. The summed E-state index contributed by atoms with van der Waals surface area (Å²) in [6.45, 7) is 0. The lowest BCUT2D eigenvalue weighted by atomic mass is 9.95. The van der Waals surface area contributed by atoms with Gasteiger partial charge in [-0.3, -0.25) is 0 Å². The summed E-state index contributed by atoms with van der Waals surface area (Å²) >= 11 is 1.88. The SMILES string of the molecule is c1ccc(-c2nc(-c3ccc4ccccc4c3)nc(-c3cc(-c4cccc5c4sc4c6ccccc6ccc54)cc4ccccc34)n2)cc1. The summed E-state index contributed by atoms with van der Waals surface area (Å²) in [6, 6.07) is 58.0. The molecule has 0 aliphatic rings. The lowest BCUT2D eigenvalue weighted by molar-refractivity contribution is 1.08. The highest BCUT2D eigenvalue weighted by atomic mass is 32.1. The maximum absolute atomic E-state index is 5.20. The predicted molar refractivity (Wildman–Crippen MR) is 207 cm³/mol. The highest BCUT2D eigenvalue weighted by molar-refractivity contribution is 7.27. The van der Waals surface area contributed by atoms with Crippen molar-refractivity contribution >= 4 is 63.8 Å². The zero-order valence-corrected chi connectivity index (χ0v) is 27.2. The van der Waals surface area contributed by atoms with Gasteiger partial charge < -0.3 is 0 Å². The van der Waals surface area contributed by atoms with Gasteiger partial charge in [-0.25, -0.2) is 15.0 Å². The van der Waals surface area contributed by atoms with E-state index in [-0.39, 0.29) is 0 Å². The van der Waals surface area contributed by atoms with Gasteiger partial charge in [-0.15, -0.1) is 11.3 Å². The van der Waals surface area contributed by atoms with Crippen molar-refractivity contribution in [3.8, 4) is 45.3 Å². The van der Waals surface area contributed by atoms with Crippen molar-refractivity contribution < 1.29 is 0 Å². The van der Waals surface area contributed by atoms with Gasteiger partial charge in [-0.2, -0.15) is 0 Å². The predicted octanol–water partition coefficient (Wildman–Crippen LogP) is 12.4. The Labute approximate surface area is 286 Å². The zero-order chi connectivity index (χ0) is 32.3. The van der Waals surface area contributed by atoms with E-state index in [2.05, 4.69) is 146 Å². The van der Waals surface area contributed by atoms with Crippen LogP contribution in [0.1, 0.15) is 0 Å². The first kappa shape index (κ1) is 27.8. The molecule has 228 valence electrons. The summed E-state index contributed by atoms with van der Waals surface area (Å²) < 4.78 is 2.61. The van der Waals surface area contributed by atoms with Crippen LogP contribution in [-0.2, 0) is 0 Å². The van der Waals surface area contributed by atoms with Crippen LogP contribution in [0.2, 0.25) is 0 Å². The second-order valence-electron chi connectivity index (χ2n) is 12.4. The van der Waals surface area contributed by atoms with Crippen molar-refractivity contribution in [3.05, 3.63) is 164 Å². The molecular formula is C45H27N3S. The van der Waals surface area contributed by atoms with Gasteiger partial charge in [-0.05, 0) is 61.6 Å². The Morgan fingerprint density at radius 3 is 1.78 bits per heavy atom. The maximum Gasteiger partial charge on any atom is 0.164 e. The summed E-state index contributed by atoms with van der Waals surface area (Å²) in [7, 11) is 0. The molecule has 0 amide bonds. The quantitative estimate of drug-likeness (QED) is 0.192. The van der Waals surface area contributed by atoms with Crippen LogP contribution in [0.5, 0.6) is 0 Å². The molecule has 0 aliphatic carbocycles. The van der Waals surface area contributed by atoms with Crippen molar-refractivity contribution in [2.45, 2.75) is 0 Å². The number of fused-ring (bicyclic) bond motifs is 7. The second kappa shape index (κ2) is 11.2. The van der Waals surface area contributed by atoms with E-state index in [1.165, 1.54) is 41.9 Å². The first-order chi connectivity index (χ1) is 24.3. The largest absolute Gasteiger partial charge is 0.208 e. The van der Waals surface area contributed by atoms with E-state index in [4.69, 9.17) is 15.0 Å². The normalized spacial score (nSPS) is 11.7. The Hall–Kier alpha value is -6.23. The molecule has 2 heterocycles. The molecule has 8 aromatic carbocycles. The molecule has 49 heavy (non-hydrogen) atoms. The lowest BCUT2D eigenvalue weighted by Crippen LogP contribution is -2.01. The number of hydrogen-bond acceptors (Lipinski definition) is 4. The van der Waals surface area contributed by atoms with Gasteiger partial charge in [0.25, 0.3) is 0 Å². The minimum absolute atomic E-state index is 0.654. The standard InChI is InChI=1S/C45H27N3S/c1-2-13-30(14-3-1)43-46-44(33-22-21-28-11-4-5-15-31(28)25-33)48-45(47-43)40-27-34(26-32-16-7-8-17-35(32)40)37-19-10-20-38-39-24-23-29-12-6-9-18-36(29)41(39)49-42(37)38/h1-27H. The van der Waals surface area contributed by atoms with Crippen LogP contribution < -0.4 is 0 Å². The Bertz CT molecular complexity index is 2890. The summed E-state index contributed by atoms with van der Waals surface area (Å²) in [5, 5.41) is 9.73. The molecule has 0 saturated heterocycles. The van der Waals surface area contributed by atoms with Crippen LogP contribution >= 0.6 is 11.3 Å². The van der Waals surface area contributed by atoms with Crippen LogP contribution in [0.3, 0.4) is 0 Å². The summed E-state index contributed by atoms with van der Waals surface area (Å²) in [5.41, 5.74) is 5.25. The lowest BCUT2D eigenvalue weighted by Gasteiger charge is -2.13. The molecule has 0 spiro atoms. The molecule has 0 aliphatic heterocycles. The number of benzene rings is 8. The van der Waals surface area contributed by atoms with Crippen molar-refractivity contribution in [1.82, 2.24) is 15.0 Å². The molecule has 0 unspecified atom stereocenters. The third-order valence-electron chi connectivity index (χ3n) is 9.48. The molecular weight excluding hydrogens is 615 g/mol. The van der Waals surface area contributed by atoms with Crippen LogP contribution in [0.4, 0.5) is 0 Å². The molecule has 4 heteroatoms. The topological polar surface area (TPSA) is 38.7 Å². The fraction of sp³-hybridized carbons (Fsp3) is 0. The van der Waals surface area contributed by atoms with Gasteiger partial charge in [-0.1, -0.05) is 146 Å². The Morgan fingerprint density at radius 1 is 0.306 bits per heavy atom. The van der Waals surface area contributed by atoms with E-state index in [0.29, 0.717) is 17.5 Å². The van der Waals surface area contributed by atoms with Gasteiger partial charge in [0.1, 0.15) is 0 Å². The number of thiophene rings is 1. The molecule has 2 aromatic heterocycles. The average Bonchev–Trinajstić information content (AvgIpc) is 3.57. The number of hydrogen-bond donors (Lipinski definition) is 0. The van der Waals surface area contributed by atoms with Crippen LogP contribution in [0.25, 0.3) is 97.8 Å². The van der Waals surface area contributed by atoms with Crippen molar-refractivity contribution in [3.63, 3.8) is 0 Å². The number of nitrogens with zero attached hydrogens (tertiary/aromatic N) is 3. The minimum atomic E-state index is 0.654. The smallest absolute Gasteiger partial charge is 0.164 e. The van der Waals surface area contributed by atoms with Gasteiger partial charge in [0, 0.05) is 36.9 Å². The van der Waals surface area contributed by atoms with E-state index in [1.807, 2.05) is 29.5 Å². The first-order valence-corrected chi connectivity index (χ1v) is 17.3. The van der Waals surface area contributed by atoms with Crippen LogP contribution in [-0.4, -0.2) is 15.0 Å². The highest BCUT2D eigenvalue weighted by Crippen LogP contribution is 2.44. The molecule has 0 radical (unpaired) electrons.